The maximum Gasteiger partial charge on any atom is 0.303 e. The summed E-state index contributed by atoms with van der Waals surface area (Å²) in [4.78, 5) is 13.3. The van der Waals surface area contributed by atoms with Gasteiger partial charge in [0.25, 0.3) is 0 Å². The Bertz CT molecular complexity index is 492. The van der Waals surface area contributed by atoms with Crippen LogP contribution in [0, 0.1) is 5.92 Å². The highest BCUT2D eigenvalue weighted by Crippen LogP contribution is 2.47. The highest BCUT2D eigenvalue weighted by Gasteiger charge is 2.36. The summed E-state index contributed by atoms with van der Waals surface area (Å²) in [5.74, 6) is 0.769. The lowest BCUT2D eigenvalue weighted by molar-refractivity contribution is -0.137. The van der Waals surface area contributed by atoms with Crippen LogP contribution in [0.5, 0.6) is 5.75 Å². The SMILES string of the molecule is CN1CC(Oc2ccccc2C(CC(=O)O)C2CC2)C1. The maximum atomic E-state index is 11.1. The highest BCUT2D eigenvalue weighted by molar-refractivity contribution is 5.68. The van der Waals surface area contributed by atoms with Gasteiger partial charge in [0, 0.05) is 19.0 Å². The van der Waals surface area contributed by atoms with Crippen LogP contribution in [0.4, 0.5) is 0 Å². The van der Waals surface area contributed by atoms with Crippen LogP contribution in [0.3, 0.4) is 0 Å². The van der Waals surface area contributed by atoms with E-state index >= 15 is 0 Å². The molecule has 1 aromatic rings. The van der Waals surface area contributed by atoms with Gasteiger partial charge in [0.2, 0.25) is 0 Å². The zero-order chi connectivity index (χ0) is 14.1. The van der Waals surface area contributed by atoms with Crippen LogP contribution >= 0.6 is 0 Å². The van der Waals surface area contributed by atoms with Crippen LogP contribution in [-0.2, 0) is 4.79 Å². The number of benzene rings is 1. The summed E-state index contributed by atoms with van der Waals surface area (Å²) in [7, 11) is 2.07. The fourth-order valence-corrected chi connectivity index (χ4v) is 3.01. The predicted molar refractivity (Wildman–Crippen MR) is 76.1 cm³/mol. The normalized spacial score (nSPS) is 21.2. The van der Waals surface area contributed by atoms with Crippen molar-refractivity contribution in [3.05, 3.63) is 29.8 Å². The molecular weight excluding hydrogens is 254 g/mol. The van der Waals surface area contributed by atoms with Crippen molar-refractivity contribution in [2.24, 2.45) is 5.92 Å². The molecule has 1 N–H and O–H groups in total. The topological polar surface area (TPSA) is 49.8 Å². The quantitative estimate of drug-likeness (QED) is 0.866. The van der Waals surface area contributed by atoms with E-state index < -0.39 is 5.97 Å². The number of carboxylic acid groups (broad SMARTS) is 1. The number of aliphatic carboxylic acids is 1. The standard InChI is InChI=1S/C16H21NO3/c1-17-9-12(10-17)20-15-5-3-2-4-13(15)14(8-16(18)19)11-6-7-11/h2-5,11-12,14H,6-10H2,1H3,(H,18,19). The first-order valence-corrected chi connectivity index (χ1v) is 7.29. The first-order chi connectivity index (χ1) is 9.63. The third-order valence-corrected chi connectivity index (χ3v) is 4.23. The molecule has 3 rings (SSSR count). The van der Waals surface area contributed by atoms with E-state index in [1.807, 2.05) is 24.3 Å². The fraction of sp³-hybridized carbons (Fsp3) is 0.562. The van der Waals surface area contributed by atoms with Gasteiger partial charge in [-0.3, -0.25) is 9.69 Å². The first-order valence-electron chi connectivity index (χ1n) is 7.29. The van der Waals surface area contributed by atoms with Gasteiger partial charge in [-0.2, -0.15) is 0 Å². The summed E-state index contributed by atoms with van der Waals surface area (Å²) >= 11 is 0. The molecule has 0 radical (unpaired) electrons. The number of rotatable bonds is 6. The van der Waals surface area contributed by atoms with E-state index in [1.165, 1.54) is 0 Å². The molecule has 0 spiro atoms. The number of carboxylic acids is 1. The average Bonchev–Trinajstić information content (AvgIpc) is 3.19. The Morgan fingerprint density at radius 2 is 2.10 bits per heavy atom. The summed E-state index contributed by atoms with van der Waals surface area (Å²) in [6.45, 7) is 1.89. The van der Waals surface area contributed by atoms with Crippen molar-refractivity contribution in [2.75, 3.05) is 20.1 Å². The third-order valence-electron chi connectivity index (χ3n) is 4.23. The van der Waals surface area contributed by atoms with Crippen molar-refractivity contribution >= 4 is 5.97 Å². The van der Waals surface area contributed by atoms with E-state index in [0.29, 0.717) is 5.92 Å². The maximum absolute atomic E-state index is 11.1. The zero-order valence-electron chi connectivity index (χ0n) is 11.8. The Morgan fingerprint density at radius 3 is 2.70 bits per heavy atom. The van der Waals surface area contributed by atoms with E-state index in [4.69, 9.17) is 9.84 Å². The smallest absolute Gasteiger partial charge is 0.303 e. The number of ether oxygens (including phenoxy) is 1. The van der Waals surface area contributed by atoms with Crippen molar-refractivity contribution < 1.29 is 14.6 Å². The molecule has 1 aromatic carbocycles. The van der Waals surface area contributed by atoms with Crippen molar-refractivity contribution in [3.8, 4) is 5.75 Å². The number of nitrogens with zero attached hydrogens (tertiary/aromatic N) is 1. The van der Waals surface area contributed by atoms with Crippen LogP contribution in [-0.4, -0.2) is 42.2 Å². The lowest BCUT2D eigenvalue weighted by Crippen LogP contribution is -2.51. The van der Waals surface area contributed by atoms with Gasteiger partial charge in [-0.15, -0.1) is 0 Å². The minimum atomic E-state index is -0.722. The molecule has 2 fully saturated rings. The second-order valence-electron chi connectivity index (χ2n) is 6.04. The largest absolute Gasteiger partial charge is 0.487 e. The number of para-hydroxylation sites is 1. The highest BCUT2D eigenvalue weighted by atomic mass is 16.5. The fourth-order valence-electron chi connectivity index (χ4n) is 3.01. The van der Waals surface area contributed by atoms with Gasteiger partial charge in [0.05, 0.1) is 6.42 Å². The van der Waals surface area contributed by atoms with Crippen LogP contribution in [0.25, 0.3) is 0 Å². The Kier molecular flexibility index (Phi) is 3.66. The Hall–Kier alpha value is -1.55. The molecule has 2 aliphatic rings. The van der Waals surface area contributed by atoms with Gasteiger partial charge in [-0.1, -0.05) is 18.2 Å². The molecule has 4 heteroatoms. The number of carbonyl (C=O) groups is 1. The van der Waals surface area contributed by atoms with Gasteiger partial charge >= 0.3 is 5.97 Å². The molecule has 20 heavy (non-hydrogen) atoms. The lowest BCUT2D eigenvalue weighted by atomic mass is 9.90. The van der Waals surface area contributed by atoms with Crippen LogP contribution in [0.15, 0.2) is 24.3 Å². The molecule has 1 saturated carbocycles. The van der Waals surface area contributed by atoms with Gasteiger partial charge in [-0.05, 0) is 37.4 Å². The number of hydrogen-bond donors (Lipinski definition) is 1. The van der Waals surface area contributed by atoms with E-state index in [1.54, 1.807) is 0 Å². The molecule has 4 nitrogen and oxygen atoms in total. The lowest BCUT2D eigenvalue weighted by Gasteiger charge is -2.36. The molecule has 0 amide bonds. The van der Waals surface area contributed by atoms with Gasteiger partial charge in [0.1, 0.15) is 11.9 Å². The molecule has 1 heterocycles. The molecule has 1 aliphatic carbocycles. The average molecular weight is 275 g/mol. The van der Waals surface area contributed by atoms with Gasteiger partial charge in [0.15, 0.2) is 0 Å². The van der Waals surface area contributed by atoms with E-state index in [-0.39, 0.29) is 18.4 Å². The monoisotopic (exact) mass is 275 g/mol. The van der Waals surface area contributed by atoms with Gasteiger partial charge in [-0.25, -0.2) is 0 Å². The third kappa shape index (κ3) is 2.96. The van der Waals surface area contributed by atoms with E-state index in [9.17, 15) is 4.79 Å². The Labute approximate surface area is 119 Å². The molecular formula is C16H21NO3. The van der Waals surface area contributed by atoms with Crippen LogP contribution in [0.2, 0.25) is 0 Å². The minimum Gasteiger partial charge on any atom is -0.487 e. The van der Waals surface area contributed by atoms with E-state index in [2.05, 4.69) is 11.9 Å². The summed E-state index contributed by atoms with van der Waals surface area (Å²) in [6.07, 6.45) is 2.72. The molecule has 1 saturated heterocycles. The number of likely N-dealkylation sites (tertiary alicyclic amines) is 1. The zero-order valence-corrected chi connectivity index (χ0v) is 11.8. The van der Waals surface area contributed by atoms with Gasteiger partial charge < -0.3 is 9.84 Å². The number of likely N-dealkylation sites (N-methyl/N-ethyl adjacent to an activating group) is 1. The minimum absolute atomic E-state index is 0.0986. The molecule has 1 atom stereocenters. The molecule has 1 unspecified atom stereocenters. The van der Waals surface area contributed by atoms with Crippen LogP contribution < -0.4 is 4.74 Å². The first kappa shape index (κ1) is 13.4. The second-order valence-corrected chi connectivity index (χ2v) is 6.04. The summed E-state index contributed by atoms with van der Waals surface area (Å²) in [5, 5.41) is 9.14. The van der Waals surface area contributed by atoms with Crippen LogP contribution in [0.1, 0.15) is 30.7 Å². The Morgan fingerprint density at radius 1 is 1.40 bits per heavy atom. The summed E-state index contributed by atoms with van der Waals surface area (Å²) in [5.41, 5.74) is 1.08. The van der Waals surface area contributed by atoms with E-state index in [0.717, 1.165) is 37.2 Å². The van der Waals surface area contributed by atoms with Crippen molar-refractivity contribution in [1.29, 1.82) is 0 Å². The summed E-state index contributed by atoms with van der Waals surface area (Å²) in [6, 6.07) is 7.95. The second kappa shape index (κ2) is 5.44. The molecule has 1 aliphatic heterocycles. The Balaban J connectivity index is 1.78. The predicted octanol–water partition coefficient (Wildman–Crippen LogP) is 2.35. The summed E-state index contributed by atoms with van der Waals surface area (Å²) < 4.78 is 6.06. The van der Waals surface area contributed by atoms with Crippen molar-refractivity contribution in [3.63, 3.8) is 0 Å². The molecule has 108 valence electrons. The molecule has 0 aromatic heterocycles. The molecule has 0 bridgehead atoms. The van der Waals surface area contributed by atoms with Crippen molar-refractivity contribution in [2.45, 2.75) is 31.3 Å². The van der Waals surface area contributed by atoms with Crippen molar-refractivity contribution in [1.82, 2.24) is 4.90 Å². The number of hydrogen-bond acceptors (Lipinski definition) is 3.